The van der Waals surface area contributed by atoms with Crippen LogP contribution in [0.3, 0.4) is 0 Å². The van der Waals surface area contributed by atoms with E-state index in [1.54, 1.807) is 6.07 Å². The van der Waals surface area contributed by atoms with E-state index in [9.17, 15) is 14.7 Å². The van der Waals surface area contributed by atoms with Gasteiger partial charge in [-0.05, 0) is 30.9 Å². The Kier molecular flexibility index (Phi) is 5.49. The van der Waals surface area contributed by atoms with Crippen molar-refractivity contribution in [2.45, 2.75) is 40.7 Å². The number of aryl methyl sites for hydroxylation is 2. The van der Waals surface area contributed by atoms with Gasteiger partial charge in [-0.25, -0.2) is 0 Å². The lowest BCUT2D eigenvalue weighted by Gasteiger charge is -2.25. The second-order valence-electron chi connectivity index (χ2n) is 6.36. The molecule has 1 aromatic carbocycles. The van der Waals surface area contributed by atoms with Gasteiger partial charge in [0.25, 0.3) is 0 Å². The van der Waals surface area contributed by atoms with Crippen molar-refractivity contribution in [3.8, 4) is 0 Å². The molecule has 3 N–H and O–H groups in total. The Morgan fingerprint density at radius 2 is 1.81 bits per heavy atom. The molecule has 0 radical (unpaired) electrons. The molecule has 0 aliphatic rings. The zero-order valence-electron chi connectivity index (χ0n) is 13.3. The predicted octanol–water partition coefficient (Wildman–Crippen LogP) is 1.77. The van der Waals surface area contributed by atoms with Gasteiger partial charge < -0.3 is 15.7 Å². The first kappa shape index (κ1) is 17.2. The Morgan fingerprint density at radius 1 is 1.19 bits per heavy atom. The quantitative estimate of drug-likeness (QED) is 0.743. The van der Waals surface area contributed by atoms with Crippen LogP contribution in [0.5, 0.6) is 0 Å². The molecule has 0 saturated carbocycles. The number of aliphatic hydroxyl groups is 1. The first-order valence-corrected chi connectivity index (χ1v) is 6.95. The Morgan fingerprint density at radius 3 is 2.33 bits per heavy atom. The van der Waals surface area contributed by atoms with Gasteiger partial charge in [0.05, 0.1) is 6.10 Å². The molecule has 2 amide bonds. The lowest BCUT2D eigenvalue weighted by atomic mass is 9.89. The third kappa shape index (κ3) is 5.19. The molecule has 0 fully saturated rings. The van der Waals surface area contributed by atoms with E-state index >= 15 is 0 Å². The number of carbonyl (C=O) groups excluding carboxylic acids is 2. The van der Waals surface area contributed by atoms with Crippen LogP contribution in [0.2, 0.25) is 0 Å². The molecule has 0 saturated heterocycles. The highest BCUT2D eigenvalue weighted by Gasteiger charge is 2.23. The van der Waals surface area contributed by atoms with E-state index in [0.717, 1.165) is 11.1 Å². The lowest BCUT2D eigenvalue weighted by molar-refractivity contribution is -0.136. The highest BCUT2D eigenvalue weighted by molar-refractivity contribution is 6.39. The van der Waals surface area contributed by atoms with E-state index in [2.05, 4.69) is 10.6 Å². The summed E-state index contributed by atoms with van der Waals surface area (Å²) in [6, 6.07) is 5.56. The van der Waals surface area contributed by atoms with Gasteiger partial charge in [-0.3, -0.25) is 9.59 Å². The summed E-state index contributed by atoms with van der Waals surface area (Å²) in [6.07, 6.45) is -0.713. The number of amides is 2. The zero-order chi connectivity index (χ0) is 16.2. The minimum Gasteiger partial charge on any atom is -0.391 e. The molecule has 1 atom stereocenters. The number of benzene rings is 1. The van der Waals surface area contributed by atoms with Gasteiger partial charge in [-0.2, -0.15) is 0 Å². The number of nitrogens with one attached hydrogen (secondary N) is 2. The van der Waals surface area contributed by atoms with Crippen molar-refractivity contribution in [3.05, 3.63) is 29.3 Å². The van der Waals surface area contributed by atoms with Crippen molar-refractivity contribution >= 4 is 17.5 Å². The van der Waals surface area contributed by atoms with Gasteiger partial charge in [0.1, 0.15) is 0 Å². The van der Waals surface area contributed by atoms with E-state index in [-0.39, 0.29) is 12.0 Å². The summed E-state index contributed by atoms with van der Waals surface area (Å²) in [7, 11) is 0. The first-order chi connectivity index (χ1) is 9.61. The van der Waals surface area contributed by atoms with E-state index in [4.69, 9.17) is 0 Å². The Balaban J connectivity index is 2.57. The largest absolute Gasteiger partial charge is 0.391 e. The van der Waals surface area contributed by atoms with Crippen LogP contribution in [0, 0.1) is 19.3 Å². The molecule has 0 heterocycles. The Hall–Kier alpha value is -1.88. The average Bonchev–Trinajstić information content (AvgIpc) is 2.37. The van der Waals surface area contributed by atoms with Crippen LogP contribution in [-0.4, -0.2) is 29.6 Å². The van der Waals surface area contributed by atoms with Crippen LogP contribution in [-0.2, 0) is 9.59 Å². The number of hydrogen-bond donors (Lipinski definition) is 3. The molecule has 0 spiro atoms. The predicted molar refractivity (Wildman–Crippen MR) is 83.0 cm³/mol. The normalized spacial score (nSPS) is 12.7. The number of aliphatic hydroxyl groups excluding tert-OH is 1. The van der Waals surface area contributed by atoms with E-state index in [1.807, 2.05) is 46.8 Å². The molecule has 0 aromatic heterocycles. The van der Waals surface area contributed by atoms with Crippen molar-refractivity contribution in [3.63, 3.8) is 0 Å². The molecule has 116 valence electrons. The summed E-state index contributed by atoms with van der Waals surface area (Å²) in [4.78, 5) is 23.5. The topological polar surface area (TPSA) is 78.4 Å². The van der Waals surface area contributed by atoms with Crippen molar-refractivity contribution in [2.75, 3.05) is 11.9 Å². The van der Waals surface area contributed by atoms with E-state index in [1.165, 1.54) is 0 Å². The van der Waals surface area contributed by atoms with Gasteiger partial charge in [0, 0.05) is 12.2 Å². The van der Waals surface area contributed by atoms with Crippen molar-refractivity contribution < 1.29 is 14.7 Å². The van der Waals surface area contributed by atoms with E-state index < -0.39 is 17.9 Å². The Labute approximate surface area is 125 Å². The van der Waals surface area contributed by atoms with E-state index in [0.29, 0.717) is 5.69 Å². The third-order valence-electron chi connectivity index (χ3n) is 3.29. The van der Waals surface area contributed by atoms with Gasteiger partial charge >= 0.3 is 11.8 Å². The minimum absolute atomic E-state index is 0.0443. The van der Waals surface area contributed by atoms with Crippen LogP contribution in [0.1, 0.15) is 31.9 Å². The summed E-state index contributed by atoms with van der Waals surface area (Å²) < 4.78 is 0. The van der Waals surface area contributed by atoms with Crippen LogP contribution < -0.4 is 10.6 Å². The highest BCUT2D eigenvalue weighted by atomic mass is 16.3. The second kappa shape index (κ2) is 6.72. The fourth-order valence-corrected chi connectivity index (χ4v) is 1.71. The lowest BCUT2D eigenvalue weighted by Crippen LogP contribution is -2.43. The van der Waals surface area contributed by atoms with Crippen molar-refractivity contribution in [1.29, 1.82) is 0 Å². The van der Waals surface area contributed by atoms with Gasteiger partial charge in [0.2, 0.25) is 0 Å². The summed E-state index contributed by atoms with van der Waals surface area (Å²) >= 11 is 0. The van der Waals surface area contributed by atoms with Crippen molar-refractivity contribution in [1.82, 2.24) is 5.32 Å². The molecule has 1 aromatic rings. The monoisotopic (exact) mass is 292 g/mol. The SMILES string of the molecule is Cc1ccc(NC(=O)C(=O)NCC(O)C(C)(C)C)c(C)c1. The summed E-state index contributed by atoms with van der Waals surface area (Å²) in [5.74, 6) is -1.48. The molecule has 1 rings (SSSR count). The van der Waals surface area contributed by atoms with Crippen LogP contribution >= 0.6 is 0 Å². The number of carbonyl (C=O) groups is 2. The smallest absolute Gasteiger partial charge is 0.313 e. The molecule has 5 nitrogen and oxygen atoms in total. The number of rotatable bonds is 3. The Bertz CT molecular complexity index is 533. The maximum absolute atomic E-state index is 11.8. The maximum Gasteiger partial charge on any atom is 0.313 e. The molecular weight excluding hydrogens is 268 g/mol. The van der Waals surface area contributed by atoms with Crippen molar-refractivity contribution in [2.24, 2.45) is 5.41 Å². The third-order valence-corrected chi connectivity index (χ3v) is 3.29. The van der Waals surface area contributed by atoms with Crippen LogP contribution in [0.15, 0.2) is 18.2 Å². The summed E-state index contributed by atoms with van der Waals surface area (Å²) in [6.45, 7) is 9.45. The minimum atomic E-state index is -0.752. The standard InChI is InChI=1S/C16H24N2O3/c1-10-6-7-12(11(2)8-10)18-15(21)14(20)17-9-13(19)16(3,4)5/h6-8,13,19H,9H2,1-5H3,(H,17,20)(H,18,21). The fraction of sp³-hybridized carbons (Fsp3) is 0.500. The average molecular weight is 292 g/mol. The molecule has 5 heteroatoms. The zero-order valence-corrected chi connectivity index (χ0v) is 13.3. The molecular formula is C16H24N2O3. The molecule has 0 aliphatic heterocycles. The first-order valence-electron chi connectivity index (χ1n) is 6.95. The summed E-state index contributed by atoms with van der Waals surface area (Å²) in [5.41, 5.74) is 2.24. The van der Waals surface area contributed by atoms with Gasteiger partial charge in [0.15, 0.2) is 0 Å². The van der Waals surface area contributed by atoms with Crippen LogP contribution in [0.25, 0.3) is 0 Å². The second-order valence-corrected chi connectivity index (χ2v) is 6.36. The summed E-state index contributed by atoms with van der Waals surface area (Å²) in [5, 5.41) is 14.8. The molecule has 1 unspecified atom stereocenters. The van der Waals surface area contributed by atoms with Crippen LogP contribution in [0.4, 0.5) is 5.69 Å². The van der Waals surface area contributed by atoms with Gasteiger partial charge in [-0.1, -0.05) is 38.5 Å². The molecule has 21 heavy (non-hydrogen) atoms. The highest BCUT2D eigenvalue weighted by Crippen LogP contribution is 2.18. The number of hydrogen-bond acceptors (Lipinski definition) is 3. The molecule has 0 aliphatic carbocycles. The fourth-order valence-electron chi connectivity index (χ4n) is 1.71. The molecule has 0 bridgehead atoms. The maximum atomic E-state index is 11.8. The van der Waals surface area contributed by atoms with Gasteiger partial charge in [-0.15, -0.1) is 0 Å². The number of anilines is 1.